The van der Waals surface area contributed by atoms with Crippen LogP contribution in [0.25, 0.3) is 0 Å². The highest BCUT2D eigenvalue weighted by atomic mass is 35.5. The molecule has 0 radical (unpaired) electrons. The number of carbonyl (C=O) groups is 1. The maximum Gasteiger partial charge on any atom is 0.321 e. The van der Waals surface area contributed by atoms with Gasteiger partial charge in [0.05, 0.1) is 0 Å². The number of hydrogen-bond donors (Lipinski definition) is 0. The van der Waals surface area contributed by atoms with Gasteiger partial charge in [0.15, 0.2) is 0 Å². The summed E-state index contributed by atoms with van der Waals surface area (Å²) in [5, 5.41) is 0. The molecular weight excluding hydrogens is 91.5 g/mol. The average molecular weight is 97.5 g/mol. The Bertz CT molecular complexity index is 97.9. The van der Waals surface area contributed by atoms with Crippen molar-refractivity contribution in [2.75, 3.05) is 0 Å². The third-order valence-corrected chi connectivity index (χ3v) is 0.210. The quantitative estimate of drug-likeness (QED) is 0.445. The zero-order valence-electron chi connectivity index (χ0n) is 5.19. The minimum atomic E-state index is -2.73. The first-order valence-electron chi connectivity index (χ1n) is 2.31. The zero-order chi connectivity index (χ0) is 6.78. The van der Waals surface area contributed by atoms with E-state index in [4.69, 9.17) is 4.11 Å². The molecule has 5 heavy (non-hydrogen) atoms. The molecular formula is C2H3ClO2. The van der Waals surface area contributed by atoms with Gasteiger partial charge in [-0.2, -0.15) is 0 Å². The van der Waals surface area contributed by atoms with Gasteiger partial charge in [-0.15, -0.1) is 0 Å². The fourth-order valence-electron chi connectivity index (χ4n) is 0. The molecule has 0 atom stereocenters. The van der Waals surface area contributed by atoms with E-state index >= 15 is 0 Å². The molecule has 3 heteroatoms. The Labute approximate surface area is 39.1 Å². The molecule has 0 saturated heterocycles. The van der Waals surface area contributed by atoms with Crippen LogP contribution in [0.3, 0.4) is 0 Å². The number of carbonyl (C=O) groups excluding carboxylic acids is 1. The van der Waals surface area contributed by atoms with Gasteiger partial charge in [-0.25, -0.2) is 0 Å². The molecule has 2 nitrogen and oxygen atoms in total. The van der Waals surface area contributed by atoms with Crippen LogP contribution in [0.5, 0.6) is 0 Å². The van der Waals surface area contributed by atoms with Crippen molar-refractivity contribution in [3.05, 3.63) is 0 Å². The highest BCUT2D eigenvalue weighted by Gasteiger charge is 1.79. The largest absolute Gasteiger partial charge is 0.348 e. The first-order chi connectivity index (χ1) is 3.48. The van der Waals surface area contributed by atoms with Crippen molar-refractivity contribution in [2.24, 2.45) is 0 Å². The predicted molar refractivity (Wildman–Crippen MR) is 17.6 cm³/mol. The van der Waals surface area contributed by atoms with Gasteiger partial charge in [-0.3, -0.25) is 4.79 Å². The molecule has 0 fully saturated rings. The van der Waals surface area contributed by atoms with E-state index in [9.17, 15) is 4.79 Å². The molecule has 0 unspecified atom stereocenters. The van der Waals surface area contributed by atoms with Gasteiger partial charge in [0, 0.05) is 11.0 Å². The highest BCUT2D eigenvalue weighted by Crippen LogP contribution is 1.75. The lowest BCUT2D eigenvalue weighted by atomic mass is 10.9. The number of rotatable bonds is 0. The van der Waals surface area contributed by atoms with Crippen molar-refractivity contribution < 1.29 is 13.2 Å². The predicted octanol–water partition coefficient (Wildman–Crippen LogP) is 0.703. The Morgan fingerprint density at radius 1 is 2.40 bits per heavy atom. The maximum absolute atomic E-state index is 9.92. The Hall–Kier alpha value is -0.240. The van der Waals surface area contributed by atoms with Gasteiger partial charge in [-0.05, 0) is 0 Å². The average Bonchev–Trinajstić information content (AvgIpc) is 1.62. The van der Waals surface area contributed by atoms with Crippen LogP contribution >= 0.6 is 11.9 Å². The molecule has 0 aliphatic heterocycles. The molecule has 0 aliphatic carbocycles. The van der Waals surface area contributed by atoms with E-state index in [0.717, 1.165) is 0 Å². The Balaban J connectivity index is 3.82. The van der Waals surface area contributed by atoms with Crippen LogP contribution in [0.15, 0.2) is 0 Å². The van der Waals surface area contributed by atoms with Gasteiger partial charge >= 0.3 is 5.97 Å². The molecule has 0 spiro atoms. The van der Waals surface area contributed by atoms with Gasteiger partial charge in [0.25, 0.3) is 0 Å². The Morgan fingerprint density at radius 3 is 3.00 bits per heavy atom. The number of hydrogen-bond acceptors (Lipinski definition) is 2. The smallest absolute Gasteiger partial charge is 0.321 e. The molecule has 0 heterocycles. The van der Waals surface area contributed by atoms with Crippen LogP contribution in [0.4, 0.5) is 0 Å². The summed E-state index contributed by atoms with van der Waals surface area (Å²) in [5.41, 5.74) is 0. The first-order valence-corrected chi connectivity index (χ1v) is 1.12. The summed E-state index contributed by atoms with van der Waals surface area (Å²) in [7, 11) is 0. The first kappa shape index (κ1) is 1.47. The molecule has 0 saturated carbocycles. The van der Waals surface area contributed by atoms with Crippen molar-refractivity contribution in [2.45, 2.75) is 6.85 Å². The van der Waals surface area contributed by atoms with E-state index in [1.807, 2.05) is 0 Å². The van der Waals surface area contributed by atoms with E-state index in [1.165, 1.54) is 0 Å². The van der Waals surface area contributed by atoms with Crippen LogP contribution in [0.1, 0.15) is 11.0 Å². The zero-order valence-corrected chi connectivity index (χ0v) is 2.95. The SMILES string of the molecule is [2H]C([2H])([2H])C(=O)OCl. The summed E-state index contributed by atoms with van der Waals surface area (Å²) < 4.78 is 22.3. The monoisotopic (exact) mass is 97.0 g/mol. The summed E-state index contributed by atoms with van der Waals surface area (Å²) >= 11 is 4.43. The van der Waals surface area contributed by atoms with Crippen LogP contribution in [0, 0.1) is 0 Å². The molecule has 0 aromatic carbocycles. The lowest BCUT2D eigenvalue weighted by molar-refractivity contribution is -0.131. The van der Waals surface area contributed by atoms with Crippen molar-refractivity contribution in [3.63, 3.8) is 0 Å². The third-order valence-electron chi connectivity index (χ3n) is 0.0701. The summed E-state index contributed by atoms with van der Waals surface area (Å²) in [6, 6.07) is 0. The van der Waals surface area contributed by atoms with Crippen molar-refractivity contribution in [3.8, 4) is 0 Å². The minimum Gasteiger partial charge on any atom is -0.348 e. The van der Waals surface area contributed by atoms with E-state index in [2.05, 4.69) is 16.2 Å². The second kappa shape index (κ2) is 2.03. The standard InChI is InChI=1S/C2H3ClO2/c1-2(4)5-3/h1H3/i1D3. The molecule has 0 aliphatic rings. The third kappa shape index (κ3) is 3.76. The second-order valence-electron chi connectivity index (χ2n) is 0.365. The number of halogens is 1. The molecule has 0 bridgehead atoms. The van der Waals surface area contributed by atoms with Gasteiger partial charge in [0.1, 0.15) is 11.9 Å². The molecule has 0 rings (SSSR count). The lowest BCUT2D eigenvalue weighted by Crippen LogP contribution is -1.82. The van der Waals surface area contributed by atoms with Gasteiger partial charge < -0.3 is 4.29 Å². The fraction of sp³-hybridized carbons (Fsp3) is 0.500. The van der Waals surface area contributed by atoms with Crippen molar-refractivity contribution in [1.29, 1.82) is 0 Å². The van der Waals surface area contributed by atoms with Crippen LogP contribution in [-0.4, -0.2) is 5.97 Å². The normalized spacial score (nSPS) is 18.2. The summed E-state index contributed by atoms with van der Waals surface area (Å²) in [5.74, 6) is -1.40. The Kier molecular flexibility index (Phi) is 0.597. The minimum absolute atomic E-state index is 1.40. The molecule has 30 valence electrons. The van der Waals surface area contributed by atoms with Crippen LogP contribution < -0.4 is 0 Å². The van der Waals surface area contributed by atoms with Crippen LogP contribution in [0.2, 0.25) is 0 Å². The Morgan fingerprint density at radius 2 is 3.00 bits per heavy atom. The molecule has 0 amide bonds. The van der Waals surface area contributed by atoms with Crippen molar-refractivity contribution in [1.82, 2.24) is 0 Å². The topological polar surface area (TPSA) is 26.3 Å². The summed E-state index contributed by atoms with van der Waals surface area (Å²) in [4.78, 5) is 9.92. The second-order valence-corrected chi connectivity index (χ2v) is 0.519. The maximum atomic E-state index is 9.92. The fourth-order valence-corrected chi connectivity index (χ4v) is 0. The van der Waals surface area contributed by atoms with E-state index in [1.54, 1.807) is 0 Å². The molecule has 0 aromatic heterocycles. The molecule has 0 N–H and O–H groups in total. The summed E-state index contributed by atoms with van der Waals surface area (Å²) in [6.45, 7) is -2.73. The van der Waals surface area contributed by atoms with E-state index in [0.29, 0.717) is 0 Å². The van der Waals surface area contributed by atoms with Gasteiger partial charge in [0.2, 0.25) is 0 Å². The van der Waals surface area contributed by atoms with Gasteiger partial charge in [-0.1, -0.05) is 0 Å². The summed E-state index contributed by atoms with van der Waals surface area (Å²) in [6.07, 6.45) is 0. The van der Waals surface area contributed by atoms with Crippen LogP contribution in [-0.2, 0) is 9.08 Å². The van der Waals surface area contributed by atoms with E-state index < -0.39 is 12.8 Å². The highest BCUT2D eigenvalue weighted by molar-refractivity contribution is 6.12. The van der Waals surface area contributed by atoms with E-state index in [-0.39, 0.29) is 0 Å². The van der Waals surface area contributed by atoms with Crippen molar-refractivity contribution >= 4 is 17.8 Å². The molecule has 0 aromatic rings. The lowest BCUT2D eigenvalue weighted by Gasteiger charge is -1.74.